The molecule has 1 amide bonds. The van der Waals surface area contributed by atoms with Crippen LogP contribution in [0.3, 0.4) is 0 Å². The Bertz CT molecular complexity index is 354. The van der Waals surface area contributed by atoms with Crippen molar-refractivity contribution >= 4 is 6.09 Å². The van der Waals surface area contributed by atoms with Crippen molar-refractivity contribution in [2.75, 3.05) is 13.1 Å². The first-order valence-corrected chi connectivity index (χ1v) is 6.96. The number of rotatable bonds is 9. The second kappa shape index (κ2) is 9.39. The number of hydrogen-bond acceptors (Lipinski definition) is 2. The molecule has 0 saturated heterocycles. The first kappa shape index (κ1) is 15.5. The van der Waals surface area contributed by atoms with Crippen molar-refractivity contribution in [1.29, 1.82) is 0 Å². The van der Waals surface area contributed by atoms with Crippen LogP contribution < -0.4 is 5.73 Å². The Hall–Kier alpha value is -1.55. The van der Waals surface area contributed by atoms with Gasteiger partial charge in [-0.2, -0.15) is 0 Å². The third kappa shape index (κ3) is 6.82. The van der Waals surface area contributed by atoms with Crippen molar-refractivity contribution < 1.29 is 9.90 Å². The summed E-state index contributed by atoms with van der Waals surface area (Å²) < 4.78 is 0. The molecule has 0 saturated carbocycles. The highest BCUT2D eigenvalue weighted by Crippen LogP contribution is 2.08. The molecule has 0 unspecified atom stereocenters. The smallest absolute Gasteiger partial charge is 0.407 e. The predicted molar refractivity (Wildman–Crippen MR) is 77.0 cm³/mol. The van der Waals surface area contributed by atoms with E-state index in [1.54, 1.807) is 0 Å². The Balaban J connectivity index is 2.27. The molecule has 0 heterocycles. The van der Waals surface area contributed by atoms with Crippen LogP contribution in [-0.4, -0.2) is 29.2 Å². The molecule has 1 aromatic carbocycles. The highest BCUT2D eigenvalue weighted by molar-refractivity contribution is 5.64. The zero-order valence-electron chi connectivity index (χ0n) is 11.4. The van der Waals surface area contributed by atoms with E-state index in [1.165, 1.54) is 4.90 Å². The highest BCUT2D eigenvalue weighted by atomic mass is 16.4. The maximum atomic E-state index is 11.2. The van der Waals surface area contributed by atoms with Gasteiger partial charge in [0.05, 0.1) is 0 Å². The second-order valence-electron chi connectivity index (χ2n) is 4.75. The van der Waals surface area contributed by atoms with E-state index in [9.17, 15) is 9.90 Å². The minimum absolute atomic E-state index is 0.471. The molecule has 0 aliphatic carbocycles. The van der Waals surface area contributed by atoms with Gasteiger partial charge in [0.1, 0.15) is 0 Å². The number of hydrogen-bond donors (Lipinski definition) is 2. The molecule has 0 bridgehead atoms. The molecule has 19 heavy (non-hydrogen) atoms. The van der Waals surface area contributed by atoms with Crippen LogP contribution in [0.25, 0.3) is 0 Å². The fourth-order valence-electron chi connectivity index (χ4n) is 2.02. The van der Waals surface area contributed by atoms with Crippen LogP contribution in [0.1, 0.15) is 37.7 Å². The van der Waals surface area contributed by atoms with Crippen molar-refractivity contribution in [3.63, 3.8) is 0 Å². The van der Waals surface area contributed by atoms with E-state index >= 15 is 0 Å². The largest absolute Gasteiger partial charge is 0.465 e. The fourth-order valence-corrected chi connectivity index (χ4v) is 2.02. The second-order valence-corrected chi connectivity index (χ2v) is 4.75. The number of amides is 1. The summed E-state index contributed by atoms with van der Waals surface area (Å²) in [6, 6.07) is 9.71. The standard InChI is InChI=1S/C15H24N2O2/c16-11-7-2-1-3-8-12-17(15(18)19)13-14-9-5-4-6-10-14/h4-6,9-10H,1-3,7-8,11-13,16H2,(H,18,19). The summed E-state index contributed by atoms with van der Waals surface area (Å²) in [4.78, 5) is 12.7. The average Bonchev–Trinajstić information content (AvgIpc) is 2.42. The summed E-state index contributed by atoms with van der Waals surface area (Å²) in [5.74, 6) is 0. The van der Waals surface area contributed by atoms with E-state index in [-0.39, 0.29) is 0 Å². The number of carboxylic acid groups (broad SMARTS) is 1. The maximum absolute atomic E-state index is 11.2. The van der Waals surface area contributed by atoms with Gasteiger partial charge in [-0.15, -0.1) is 0 Å². The van der Waals surface area contributed by atoms with E-state index in [4.69, 9.17) is 5.73 Å². The quantitative estimate of drug-likeness (QED) is 0.674. The Morgan fingerprint density at radius 2 is 1.68 bits per heavy atom. The zero-order valence-corrected chi connectivity index (χ0v) is 11.4. The predicted octanol–water partition coefficient (Wildman–Crippen LogP) is 3.08. The van der Waals surface area contributed by atoms with Gasteiger partial charge in [0.25, 0.3) is 0 Å². The first-order valence-electron chi connectivity index (χ1n) is 6.96. The van der Waals surface area contributed by atoms with Crippen LogP contribution in [0.15, 0.2) is 30.3 Å². The molecule has 4 heteroatoms. The molecule has 3 N–H and O–H groups in total. The molecule has 0 spiro atoms. The van der Waals surface area contributed by atoms with E-state index < -0.39 is 6.09 Å². The summed E-state index contributed by atoms with van der Waals surface area (Å²) in [7, 11) is 0. The minimum atomic E-state index is -0.842. The van der Waals surface area contributed by atoms with Gasteiger partial charge in [-0.05, 0) is 24.9 Å². The van der Waals surface area contributed by atoms with Crippen molar-refractivity contribution in [3.8, 4) is 0 Å². The van der Waals surface area contributed by atoms with Gasteiger partial charge < -0.3 is 15.7 Å². The summed E-state index contributed by atoms with van der Waals surface area (Å²) >= 11 is 0. The van der Waals surface area contributed by atoms with Crippen LogP contribution in [0.4, 0.5) is 4.79 Å². The van der Waals surface area contributed by atoms with Crippen LogP contribution in [0.5, 0.6) is 0 Å². The first-order chi connectivity index (χ1) is 9.24. The molecule has 1 rings (SSSR count). The monoisotopic (exact) mass is 264 g/mol. The van der Waals surface area contributed by atoms with Crippen molar-refractivity contribution in [3.05, 3.63) is 35.9 Å². The highest BCUT2D eigenvalue weighted by Gasteiger charge is 2.11. The third-order valence-electron chi connectivity index (χ3n) is 3.12. The topological polar surface area (TPSA) is 66.6 Å². The molecule has 4 nitrogen and oxygen atoms in total. The summed E-state index contributed by atoms with van der Waals surface area (Å²) in [6.07, 6.45) is 4.48. The Labute approximate surface area is 115 Å². The van der Waals surface area contributed by atoms with E-state index in [0.29, 0.717) is 13.1 Å². The van der Waals surface area contributed by atoms with Gasteiger partial charge in [-0.3, -0.25) is 0 Å². The maximum Gasteiger partial charge on any atom is 0.407 e. The number of nitrogens with two attached hydrogens (primary N) is 1. The molecule has 0 aliphatic heterocycles. The van der Waals surface area contributed by atoms with E-state index in [1.807, 2.05) is 30.3 Å². The molecular formula is C15H24N2O2. The zero-order chi connectivity index (χ0) is 13.9. The van der Waals surface area contributed by atoms with Gasteiger partial charge in [0, 0.05) is 13.1 Å². The van der Waals surface area contributed by atoms with Crippen LogP contribution in [0, 0.1) is 0 Å². The number of nitrogens with zero attached hydrogens (tertiary/aromatic N) is 1. The summed E-state index contributed by atoms with van der Waals surface area (Å²) in [6.45, 7) is 1.82. The molecule has 0 aliphatic rings. The lowest BCUT2D eigenvalue weighted by molar-refractivity contribution is 0.141. The van der Waals surface area contributed by atoms with Crippen LogP contribution in [-0.2, 0) is 6.54 Å². The lowest BCUT2D eigenvalue weighted by atomic mass is 10.1. The fraction of sp³-hybridized carbons (Fsp3) is 0.533. The molecule has 0 aromatic heterocycles. The molecule has 0 fully saturated rings. The molecular weight excluding hydrogens is 240 g/mol. The number of carbonyl (C=O) groups is 1. The SMILES string of the molecule is NCCCCCCCN(Cc1ccccc1)C(=O)O. The Morgan fingerprint density at radius 3 is 2.32 bits per heavy atom. The lowest BCUT2D eigenvalue weighted by Crippen LogP contribution is -2.29. The molecule has 0 atom stereocenters. The van der Waals surface area contributed by atoms with E-state index in [0.717, 1.165) is 44.2 Å². The summed E-state index contributed by atoms with van der Waals surface area (Å²) in [5, 5.41) is 9.18. The normalized spacial score (nSPS) is 10.4. The van der Waals surface area contributed by atoms with Crippen molar-refractivity contribution in [2.24, 2.45) is 5.73 Å². The number of unbranched alkanes of at least 4 members (excludes halogenated alkanes) is 4. The van der Waals surface area contributed by atoms with Gasteiger partial charge in [0.15, 0.2) is 0 Å². The molecule has 0 radical (unpaired) electrons. The van der Waals surface area contributed by atoms with Crippen molar-refractivity contribution in [1.82, 2.24) is 4.90 Å². The average molecular weight is 264 g/mol. The summed E-state index contributed by atoms with van der Waals surface area (Å²) in [5.41, 5.74) is 6.47. The van der Waals surface area contributed by atoms with Crippen molar-refractivity contribution in [2.45, 2.75) is 38.6 Å². The van der Waals surface area contributed by atoms with Gasteiger partial charge in [-0.25, -0.2) is 4.79 Å². The Morgan fingerprint density at radius 1 is 1.05 bits per heavy atom. The molecule has 1 aromatic rings. The molecule has 106 valence electrons. The van der Waals surface area contributed by atoms with Gasteiger partial charge in [0.2, 0.25) is 0 Å². The number of benzene rings is 1. The lowest BCUT2D eigenvalue weighted by Gasteiger charge is -2.19. The Kier molecular flexibility index (Phi) is 7.66. The van der Waals surface area contributed by atoms with Crippen LogP contribution >= 0.6 is 0 Å². The third-order valence-corrected chi connectivity index (χ3v) is 3.12. The van der Waals surface area contributed by atoms with Crippen LogP contribution in [0.2, 0.25) is 0 Å². The van der Waals surface area contributed by atoms with E-state index in [2.05, 4.69) is 0 Å². The minimum Gasteiger partial charge on any atom is -0.465 e. The van der Waals surface area contributed by atoms with Gasteiger partial charge >= 0.3 is 6.09 Å². The van der Waals surface area contributed by atoms with Gasteiger partial charge in [-0.1, -0.05) is 49.6 Å².